The predicted octanol–water partition coefficient (Wildman–Crippen LogP) is 1.46. The Labute approximate surface area is 191 Å². The molecule has 0 radical (unpaired) electrons. The molecule has 0 bridgehead atoms. The number of halogens is 2. The van der Waals surface area contributed by atoms with E-state index in [4.69, 9.17) is 0 Å². The van der Waals surface area contributed by atoms with Crippen LogP contribution in [0.3, 0.4) is 0 Å². The van der Waals surface area contributed by atoms with Crippen molar-refractivity contribution in [2.45, 2.75) is 6.04 Å². The third kappa shape index (κ3) is 4.06. The molecule has 4 aromatic rings. The molecule has 0 aliphatic carbocycles. The molecule has 5 rings (SSSR count). The quantitative estimate of drug-likeness (QED) is 0.420. The first-order chi connectivity index (χ1) is 16.4. The van der Waals surface area contributed by atoms with Crippen LogP contribution in [-0.4, -0.2) is 68.2 Å². The molecule has 11 heteroatoms. The van der Waals surface area contributed by atoms with E-state index in [0.717, 1.165) is 12.1 Å². The van der Waals surface area contributed by atoms with Crippen molar-refractivity contribution < 1.29 is 18.7 Å². The topological polar surface area (TPSA) is 116 Å². The number of benzene rings is 2. The van der Waals surface area contributed by atoms with Crippen molar-refractivity contribution in [1.29, 1.82) is 0 Å². The van der Waals surface area contributed by atoms with E-state index in [2.05, 4.69) is 20.6 Å². The summed E-state index contributed by atoms with van der Waals surface area (Å²) in [7, 11) is 0. The van der Waals surface area contributed by atoms with Gasteiger partial charge in [0.15, 0.2) is 11.6 Å². The minimum atomic E-state index is -1.05. The van der Waals surface area contributed by atoms with Gasteiger partial charge in [-0.25, -0.2) is 13.5 Å². The zero-order valence-electron chi connectivity index (χ0n) is 17.8. The SMILES string of the molecule is O=C(c1ccc(-n2cc(-c3cc4cc(F)c(F)cc4[nH]c3=O)nn2)cc1)N1CCN[C@@H](CO)C1. The molecular weight excluding hydrogens is 446 g/mol. The lowest BCUT2D eigenvalue weighted by Crippen LogP contribution is -2.54. The summed E-state index contributed by atoms with van der Waals surface area (Å²) in [6.07, 6.45) is 1.54. The second-order valence-electron chi connectivity index (χ2n) is 8.05. The van der Waals surface area contributed by atoms with E-state index in [9.17, 15) is 23.5 Å². The maximum Gasteiger partial charge on any atom is 0.258 e. The number of piperazine rings is 1. The van der Waals surface area contributed by atoms with Crippen molar-refractivity contribution >= 4 is 16.8 Å². The third-order valence-electron chi connectivity index (χ3n) is 5.80. The van der Waals surface area contributed by atoms with Gasteiger partial charge in [0.25, 0.3) is 11.5 Å². The van der Waals surface area contributed by atoms with Gasteiger partial charge < -0.3 is 20.3 Å². The summed E-state index contributed by atoms with van der Waals surface area (Å²) in [5, 5.41) is 20.9. The van der Waals surface area contributed by atoms with Crippen LogP contribution in [0.5, 0.6) is 0 Å². The highest BCUT2D eigenvalue weighted by atomic mass is 19.2. The van der Waals surface area contributed by atoms with Crippen LogP contribution in [0, 0.1) is 11.6 Å². The normalized spacial score (nSPS) is 16.2. The Morgan fingerprint density at radius 2 is 1.91 bits per heavy atom. The minimum Gasteiger partial charge on any atom is -0.395 e. The van der Waals surface area contributed by atoms with Gasteiger partial charge in [-0.1, -0.05) is 5.21 Å². The van der Waals surface area contributed by atoms with E-state index >= 15 is 0 Å². The van der Waals surface area contributed by atoms with Crippen molar-refractivity contribution in [3.63, 3.8) is 0 Å². The Morgan fingerprint density at radius 3 is 2.68 bits per heavy atom. The molecular formula is C23H20F2N6O3. The maximum absolute atomic E-state index is 13.6. The van der Waals surface area contributed by atoms with Crippen LogP contribution in [-0.2, 0) is 0 Å². The van der Waals surface area contributed by atoms with Gasteiger partial charge in [0.2, 0.25) is 0 Å². The lowest BCUT2D eigenvalue weighted by Gasteiger charge is -2.32. The number of hydrogen-bond acceptors (Lipinski definition) is 6. The summed E-state index contributed by atoms with van der Waals surface area (Å²) in [6, 6.07) is 10.00. The molecule has 1 fully saturated rings. The number of fused-ring (bicyclic) bond motifs is 1. The van der Waals surface area contributed by atoms with Crippen molar-refractivity contribution in [3.8, 4) is 16.9 Å². The molecule has 2 aromatic heterocycles. The van der Waals surface area contributed by atoms with Crippen LogP contribution >= 0.6 is 0 Å². The molecule has 1 saturated heterocycles. The Bertz CT molecular complexity index is 1430. The number of nitrogens with one attached hydrogen (secondary N) is 2. The zero-order valence-corrected chi connectivity index (χ0v) is 17.8. The molecule has 174 valence electrons. The number of amides is 1. The number of rotatable bonds is 4. The molecule has 1 aliphatic rings. The van der Waals surface area contributed by atoms with Gasteiger partial charge in [-0.3, -0.25) is 9.59 Å². The lowest BCUT2D eigenvalue weighted by atomic mass is 10.1. The van der Waals surface area contributed by atoms with E-state index in [1.165, 1.54) is 16.9 Å². The van der Waals surface area contributed by atoms with Gasteiger partial charge >= 0.3 is 0 Å². The van der Waals surface area contributed by atoms with Gasteiger partial charge in [-0.05, 0) is 36.4 Å². The van der Waals surface area contributed by atoms with Crippen molar-refractivity contribution in [3.05, 3.63) is 76.2 Å². The molecule has 0 unspecified atom stereocenters. The van der Waals surface area contributed by atoms with E-state index in [-0.39, 0.29) is 35.3 Å². The van der Waals surface area contributed by atoms with Gasteiger partial charge in [0, 0.05) is 42.7 Å². The number of H-pyrrole nitrogens is 1. The van der Waals surface area contributed by atoms with Crippen LogP contribution in [0.4, 0.5) is 8.78 Å². The number of aromatic nitrogens is 4. The van der Waals surface area contributed by atoms with Crippen LogP contribution in [0.2, 0.25) is 0 Å². The maximum atomic E-state index is 13.6. The van der Waals surface area contributed by atoms with Crippen LogP contribution in [0.1, 0.15) is 10.4 Å². The first-order valence-electron chi connectivity index (χ1n) is 10.6. The zero-order chi connectivity index (χ0) is 23.8. The second-order valence-corrected chi connectivity index (χ2v) is 8.05. The van der Waals surface area contributed by atoms with Gasteiger partial charge in [0.1, 0.15) is 5.69 Å². The molecule has 3 heterocycles. The molecule has 1 aliphatic heterocycles. The largest absolute Gasteiger partial charge is 0.395 e. The van der Waals surface area contributed by atoms with E-state index in [1.54, 1.807) is 29.2 Å². The first-order valence-corrected chi connectivity index (χ1v) is 10.6. The van der Waals surface area contributed by atoms with Gasteiger partial charge in [-0.2, -0.15) is 0 Å². The van der Waals surface area contributed by atoms with Gasteiger partial charge in [0.05, 0.1) is 29.6 Å². The van der Waals surface area contributed by atoms with Crippen molar-refractivity contribution in [2.75, 3.05) is 26.2 Å². The lowest BCUT2D eigenvalue weighted by molar-refractivity contribution is 0.0671. The number of carbonyl (C=O) groups excluding carboxylic acids is 1. The van der Waals surface area contributed by atoms with Crippen LogP contribution in [0.25, 0.3) is 27.8 Å². The summed E-state index contributed by atoms with van der Waals surface area (Å²) in [5.41, 5.74) is 1.20. The number of hydrogen-bond donors (Lipinski definition) is 3. The standard InChI is InChI=1S/C23H20F2N6O3/c24-18-8-14-7-17(22(33)27-20(14)9-19(18)25)21-11-31(29-28-21)16-3-1-13(2-4-16)23(34)30-6-5-26-15(10-30)12-32/h1-4,7-9,11,15,26,32H,5-6,10,12H2,(H,27,33)/t15-/m1/s1. The molecule has 9 nitrogen and oxygen atoms in total. The Balaban J connectivity index is 1.39. The predicted molar refractivity (Wildman–Crippen MR) is 120 cm³/mol. The van der Waals surface area contributed by atoms with E-state index in [0.29, 0.717) is 36.3 Å². The molecule has 3 N–H and O–H groups in total. The molecule has 2 aromatic carbocycles. The number of aromatic amines is 1. The number of aliphatic hydroxyl groups excluding tert-OH is 1. The fourth-order valence-electron chi connectivity index (χ4n) is 3.98. The van der Waals surface area contributed by atoms with E-state index < -0.39 is 17.2 Å². The number of pyridine rings is 1. The second kappa shape index (κ2) is 8.76. The van der Waals surface area contributed by atoms with E-state index in [1.807, 2.05) is 0 Å². The smallest absolute Gasteiger partial charge is 0.258 e. The number of nitrogens with zero attached hydrogens (tertiary/aromatic N) is 4. The average Bonchev–Trinajstić information content (AvgIpc) is 3.34. The minimum absolute atomic E-state index is 0.0385. The number of carbonyl (C=O) groups is 1. The summed E-state index contributed by atoms with van der Waals surface area (Å²) in [4.78, 5) is 29.5. The molecule has 1 atom stereocenters. The summed E-state index contributed by atoms with van der Waals surface area (Å²) in [5.74, 6) is -2.19. The highest BCUT2D eigenvalue weighted by molar-refractivity contribution is 5.94. The fourth-order valence-corrected chi connectivity index (χ4v) is 3.98. The Morgan fingerprint density at radius 1 is 1.15 bits per heavy atom. The fraction of sp³-hybridized carbons (Fsp3) is 0.217. The Kier molecular flexibility index (Phi) is 5.64. The van der Waals surface area contributed by atoms with Crippen molar-refractivity contribution in [1.82, 2.24) is 30.2 Å². The monoisotopic (exact) mass is 466 g/mol. The average molecular weight is 466 g/mol. The van der Waals surface area contributed by atoms with Crippen LogP contribution in [0.15, 0.2) is 53.5 Å². The van der Waals surface area contributed by atoms with Crippen LogP contribution < -0.4 is 10.9 Å². The summed E-state index contributed by atoms with van der Waals surface area (Å²) >= 11 is 0. The molecule has 0 saturated carbocycles. The molecule has 0 spiro atoms. The highest BCUT2D eigenvalue weighted by Crippen LogP contribution is 2.21. The molecule has 34 heavy (non-hydrogen) atoms. The van der Waals surface area contributed by atoms with Crippen molar-refractivity contribution in [2.24, 2.45) is 0 Å². The summed E-state index contributed by atoms with van der Waals surface area (Å²) < 4.78 is 28.5. The first kappa shape index (κ1) is 21.9. The Hall–Kier alpha value is -3.96. The highest BCUT2D eigenvalue weighted by Gasteiger charge is 2.23. The third-order valence-corrected chi connectivity index (χ3v) is 5.80. The van der Waals surface area contributed by atoms with Gasteiger partial charge in [-0.15, -0.1) is 5.10 Å². The molecule has 1 amide bonds. The summed E-state index contributed by atoms with van der Waals surface area (Å²) in [6.45, 7) is 1.57. The number of aliphatic hydroxyl groups is 1.